The zero-order valence-electron chi connectivity index (χ0n) is 4.78. The maximum atomic E-state index is 8.22. The van der Waals surface area contributed by atoms with E-state index in [1.807, 2.05) is 0 Å². The van der Waals surface area contributed by atoms with Gasteiger partial charge in [0.25, 0.3) is 0 Å². The molecule has 0 fully saturated rings. The van der Waals surface area contributed by atoms with Crippen LogP contribution in [0.15, 0.2) is 0 Å². The van der Waals surface area contributed by atoms with Crippen molar-refractivity contribution in [1.82, 2.24) is 0 Å². The Balaban J connectivity index is 0. The molecule has 0 unspecified atom stereocenters. The van der Waals surface area contributed by atoms with Crippen molar-refractivity contribution >= 4 is 9.52 Å². The third kappa shape index (κ3) is 10.7. The normalized spacial score (nSPS) is 9.43. The van der Waals surface area contributed by atoms with Gasteiger partial charge in [0.1, 0.15) is 0 Å². The Bertz CT molecular complexity index is 21.7. The molecule has 0 heterocycles. The highest BCUT2D eigenvalue weighted by Gasteiger charge is 1.77. The molecule has 3 heteroatoms. The Morgan fingerprint density at radius 3 is 2.29 bits per heavy atom. The van der Waals surface area contributed by atoms with Crippen molar-refractivity contribution in [2.75, 3.05) is 6.61 Å². The molecule has 0 bridgehead atoms. The molecule has 0 saturated carbocycles. The van der Waals surface area contributed by atoms with Gasteiger partial charge in [0, 0.05) is 16.1 Å². The zero-order valence-corrected chi connectivity index (χ0v) is 6.19. The van der Waals surface area contributed by atoms with Gasteiger partial charge in [-0.15, -0.1) is 0 Å². The van der Waals surface area contributed by atoms with Crippen molar-refractivity contribution in [3.8, 4) is 0 Å². The van der Waals surface area contributed by atoms with Gasteiger partial charge in [-0.1, -0.05) is 12.6 Å². The second kappa shape index (κ2) is 9.46. The summed E-state index contributed by atoms with van der Waals surface area (Å²) in [6.07, 6.45) is 1.03. The highest BCUT2D eigenvalue weighted by Crippen LogP contribution is 1.82. The van der Waals surface area contributed by atoms with Crippen molar-refractivity contribution in [2.45, 2.75) is 19.0 Å². The maximum Gasteiger partial charge on any atom is 0.0428 e. The molecule has 0 amide bonds. The van der Waals surface area contributed by atoms with Gasteiger partial charge in [0.15, 0.2) is 0 Å². The number of aliphatic hydroxyl groups excluding tert-OH is 1. The van der Waals surface area contributed by atoms with Crippen molar-refractivity contribution in [2.24, 2.45) is 0 Å². The van der Waals surface area contributed by atoms with E-state index in [0.29, 0.717) is 6.61 Å². The van der Waals surface area contributed by atoms with Crippen LogP contribution in [0.3, 0.4) is 0 Å². The Hall–Kier alpha value is 0.137. The van der Waals surface area contributed by atoms with Crippen LogP contribution < -0.4 is 0 Å². The van der Waals surface area contributed by atoms with Crippen LogP contribution in [0.4, 0.5) is 0 Å². The zero-order chi connectivity index (χ0) is 4.83. The van der Waals surface area contributed by atoms with Crippen molar-refractivity contribution in [1.29, 1.82) is 0 Å². The topological polar surface area (TPSA) is 51.7 Å². The molecule has 2 nitrogen and oxygen atoms in total. The third-order valence-corrected chi connectivity index (χ3v) is 1.97. The molecule has 0 atom stereocenters. The number of rotatable bonds is 3. The van der Waals surface area contributed by atoms with E-state index in [1.54, 1.807) is 0 Å². The second-order valence-electron chi connectivity index (χ2n) is 1.43. The van der Waals surface area contributed by atoms with Crippen LogP contribution >= 0.6 is 0 Å². The summed E-state index contributed by atoms with van der Waals surface area (Å²) in [4.78, 5) is 0. The average molecular weight is 122 g/mol. The van der Waals surface area contributed by atoms with Crippen LogP contribution in [0.25, 0.3) is 0 Å². The minimum Gasteiger partial charge on any atom is -0.412 e. The third-order valence-electron chi connectivity index (χ3n) is 0.762. The van der Waals surface area contributed by atoms with Crippen LogP contribution in [0, 0.1) is 0 Å². The van der Waals surface area contributed by atoms with Crippen LogP contribution in [-0.4, -0.2) is 26.7 Å². The molecule has 0 aliphatic carbocycles. The van der Waals surface area contributed by atoms with E-state index in [0.717, 1.165) is 6.42 Å². The van der Waals surface area contributed by atoms with Crippen LogP contribution in [0.5, 0.6) is 0 Å². The van der Waals surface area contributed by atoms with Gasteiger partial charge in [-0.3, -0.25) is 0 Å². The molecule has 0 saturated heterocycles. The summed E-state index contributed by atoms with van der Waals surface area (Å²) >= 11 is 0. The summed E-state index contributed by atoms with van der Waals surface area (Å²) in [7, 11) is 0.243. The lowest BCUT2D eigenvalue weighted by atomic mass is 10.5. The summed E-state index contributed by atoms with van der Waals surface area (Å²) in [6, 6.07) is 1.30. The van der Waals surface area contributed by atoms with E-state index >= 15 is 0 Å². The van der Waals surface area contributed by atoms with E-state index < -0.39 is 0 Å². The standard InChI is InChI=1S/C4H12OSi.H2O/c1-6-4-2-3-5;/h5H,2-4,6H2,1H3;1H2. The first kappa shape index (κ1) is 10.2. The molecule has 0 rings (SSSR count). The van der Waals surface area contributed by atoms with Gasteiger partial charge in [0.05, 0.1) is 0 Å². The fourth-order valence-electron chi connectivity index (χ4n) is 0.362. The van der Waals surface area contributed by atoms with Crippen molar-refractivity contribution in [3.05, 3.63) is 0 Å². The lowest BCUT2D eigenvalue weighted by Crippen LogP contribution is -1.84. The quantitative estimate of drug-likeness (QED) is 0.386. The van der Waals surface area contributed by atoms with Gasteiger partial charge in [-0.05, 0) is 6.42 Å². The molecule has 0 aromatic rings. The number of hydrogen-bond donors (Lipinski definition) is 1. The first-order valence-electron chi connectivity index (χ1n) is 2.52. The number of hydrogen-bond acceptors (Lipinski definition) is 1. The summed E-state index contributed by atoms with van der Waals surface area (Å²) in [5.74, 6) is 0. The first-order chi connectivity index (χ1) is 2.91. The van der Waals surface area contributed by atoms with Crippen LogP contribution in [0.2, 0.25) is 12.6 Å². The van der Waals surface area contributed by atoms with Crippen molar-refractivity contribution < 1.29 is 10.6 Å². The van der Waals surface area contributed by atoms with Crippen LogP contribution in [-0.2, 0) is 0 Å². The summed E-state index contributed by atoms with van der Waals surface area (Å²) in [5, 5.41) is 8.22. The Labute approximate surface area is 46.7 Å². The summed E-state index contributed by atoms with van der Waals surface area (Å²) in [5.41, 5.74) is 0. The molecular weight excluding hydrogens is 108 g/mol. The van der Waals surface area contributed by atoms with Gasteiger partial charge in [-0.25, -0.2) is 0 Å². The fraction of sp³-hybridized carbons (Fsp3) is 1.00. The Morgan fingerprint density at radius 1 is 1.57 bits per heavy atom. The minimum absolute atomic E-state index is 0. The van der Waals surface area contributed by atoms with E-state index in [-0.39, 0.29) is 15.0 Å². The molecule has 0 aromatic heterocycles. The highest BCUT2D eigenvalue weighted by atomic mass is 28.2. The monoisotopic (exact) mass is 122 g/mol. The average Bonchev–Trinajstić information content (AvgIpc) is 1.61. The number of aliphatic hydroxyl groups is 1. The minimum atomic E-state index is 0. The lowest BCUT2D eigenvalue weighted by Gasteiger charge is -1.85. The smallest absolute Gasteiger partial charge is 0.0428 e. The predicted molar refractivity (Wildman–Crippen MR) is 34.5 cm³/mol. The first-order valence-corrected chi connectivity index (χ1v) is 4.94. The van der Waals surface area contributed by atoms with Crippen LogP contribution in [0.1, 0.15) is 6.42 Å². The summed E-state index contributed by atoms with van der Waals surface area (Å²) < 4.78 is 0. The van der Waals surface area contributed by atoms with Gasteiger partial charge >= 0.3 is 0 Å². The highest BCUT2D eigenvalue weighted by molar-refractivity contribution is 6.33. The predicted octanol–water partition coefficient (Wildman–Crippen LogP) is -0.821. The maximum absolute atomic E-state index is 8.22. The van der Waals surface area contributed by atoms with E-state index in [2.05, 4.69) is 6.55 Å². The van der Waals surface area contributed by atoms with Gasteiger partial charge < -0.3 is 10.6 Å². The molecule has 0 spiro atoms. The largest absolute Gasteiger partial charge is 0.412 e. The fourth-order valence-corrected chi connectivity index (χ4v) is 1.09. The molecule has 0 aliphatic rings. The molecule has 7 heavy (non-hydrogen) atoms. The SMILES string of the molecule is C[SiH2]CCCO.O. The Morgan fingerprint density at radius 2 is 2.14 bits per heavy atom. The van der Waals surface area contributed by atoms with Gasteiger partial charge in [-0.2, -0.15) is 0 Å². The van der Waals surface area contributed by atoms with Crippen molar-refractivity contribution in [3.63, 3.8) is 0 Å². The Kier molecular flexibility index (Phi) is 13.8. The summed E-state index contributed by atoms with van der Waals surface area (Å²) in [6.45, 7) is 2.65. The molecule has 46 valence electrons. The molecule has 0 aromatic carbocycles. The van der Waals surface area contributed by atoms with E-state index in [1.165, 1.54) is 6.04 Å². The molecule has 0 aliphatic heterocycles. The lowest BCUT2D eigenvalue weighted by molar-refractivity contribution is 0.295. The van der Waals surface area contributed by atoms with Gasteiger partial charge in [0.2, 0.25) is 0 Å². The van der Waals surface area contributed by atoms with E-state index in [4.69, 9.17) is 5.11 Å². The molecule has 3 N–H and O–H groups in total. The second-order valence-corrected chi connectivity index (χ2v) is 3.14. The molecular formula is C4H14O2Si. The molecule has 0 radical (unpaired) electrons. The van der Waals surface area contributed by atoms with E-state index in [9.17, 15) is 0 Å².